The second-order valence-electron chi connectivity index (χ2n) is 3.49. The smallest absolute Gasteiger partial charge is 0.726 e. The van der Waals surface area contributed by atoms with E-state index in [0.29, 0.717) is 12.8 Å². The Morgan fingerprint density at radius 3 is 2.43 bits per heavy atom. The molecule has 0 rings (SSSR count). The van der Waals surface area contributed by atoms with Crippen molar-refractivity contribution in [2.24, 2.45) is 5.73 Å². The Balaban J connectivity index is 0. The van der Waals surface area contributed by atoms with Crippen molar-refractivity contribution in [1.82, 2.24) is 0 Å². The first-order valence-electron chi connectivity index (χ1n) is 4.72. The minimum absolute atomic E-state index is 0. The highest BCUT2D eigenvalue weighted by molar-refractivity contribution is 7.80. The molecule has 6 heteroatoms. The van der Waals surface area contributed by atoms with Gasteiger partial charge in [0, 0.05) is 5.54 Å². The molecule has 0 amide bonds. The van der Waals surface area contributed by atoms with Crippen molar-refractivity contribution in [2.45, 2.75) is 45.1 Å². The summed E-state index contributed by atoms with van der Waals surface area (Å²) in [5, 5.41) is 0. The zero-order chi connectivity index (χ0) is 11.2. The van der Waals surface area contributed by atoms with Gasteiger partial charge in [0.05, 0.1) is 6.61 Å². The van der Waals surface area contributed by atoms with Gasteiger partial charge in [-0.3, -0.25) is 4.18 Å². The summed E-state index contributed by atoms with van der Waals surface area (Å²) >= 11 is 0. The van der Waals surface area contributed by atoms with Gasteiger partial charge in [-0.05, 0) is 12.8 Å². The molecule has 0 radical (unpaired) electrons. The van der Waals surface area contributed by atoms with Gasteiger partial charge in [0.15, 0.2) is 0 Å². The highest BCUT2D eigenvalue weighted by atomic mass is 32.3. The Bertz CT molecular complexity index is 257. The molecule has 0 aliphatic heterocycles. The lowest BCUT2D eigenvalue weighted by Gasteiger charge is -2.28. The van der Waals surface area contributed by atoms with Crippen molar-refractivity contribution >= 4 is 10.4 Å². The molecule has 0 aliphatic carbocycles. The van der Waals surface area contributed by atoms with E-state index in [-0.39, 0.29) is 8.03 Å². The highest BCUT2D eigenvalue weighted by Crippen LogP contribution is 2.16. The molecular weight excluding hydrogens is 206 g/mol. The lowest BCUT2D eigenvalue weighted by molar-refractivity contribution is 0.181. The van der Waals surface area contributed by atoms with Crippen LogP contribution in [0.5, 0.6) is 0 Å². The van der Waals surface area contributed by atoms with E-state index in [1.165, 1.54) is 0 Å². The first-order chi connectivity index (χ1) is 6.33. The van der Waals surface area contributed by atoms with Gasteiger partial charge in [0.1, 0.15) is 0 Å². The topological polar surface area (TPSA) is 92.5 Å². The molecule has 1 unspecified atom stereocenters. The maximum atomic E-state index is 10.2. The fraction of sp³-hybridized carbons (Fsp3) is 1.00. The van der Waals surface area contributed by atoms with Crippen LogP contribution in [0.15, 0.2) is 0 Å². The molecule has 0 heterocycles. The van der Waals surface area contributed by atoms with E-state index in [9.17, 15) is 13.0 Å². The van der Waals surface area contributed by atoms with E-state index in [4.69, 9.17) is 5.73 Å². The minimum atomic E-state index is -4.62. The van der Waals surface area contributed by atoms with Crippen molar-refractivity contribution in [3.63, 3.8) is 0 Å². The summed E-state index contributed by atoms with van der Waals surface area (Å²) in [4.78, 5) is 0. The van der Waals surface area contributed by atoms with E-state index in [1.54, 1.807) is 0 Å². The molecule has 0 aromatic carbocycles. The van der Waals surface area contributed by atoms with E-state index < -0.39 is 15.9 Å². The van der Waals surface area contributed by atoms with Gasteiger partial charge in [0.2, 0.25) is 10.4 Å². The Hall–Kier alpha value is -0.170. The third-order valence-electron chi connectivity index (χ3n) is 2.22. The zero-order valence-corrected chi connectivity index (χ0v) is 9.47. The van der Waals surface area contributed by atoms with Crippen LogP contribution in [-0.4, -0.2) is 25.1 Å². The number of nitrogens with two attached hydrogens (primary N) is 1. The van der Waals surface area contributed by atoms with Crippen LogP contribution in [-0.2, 0) is 14.6 Å². The van der Waals surface area contributed by atoms with Gasteiger partial charge in [-0.1, -0.05) is 26.7 Å². The summed E-state index contributed by atoms with van der Waals surface area (Å²) in [6, 6.07) is 0. The molecule has 1 atom stereocenters. The van der Waals surface area contributed by atoms with Gasteiger partial charge >= 0.3 is 1.43 Å². The lowest BCUT2D eigenvalue weighted by atomic mass is 9.92. The molecule has 0 fully saturated rings. The molecule has 5 nitrogen and oxygen atoms in total. The van der Waals surface area contributed by atoms with Gasteiger partial charge in [-0.25, -0.2) is 8.42 Å². The largest absolute Gasteiger partial charge is 1.00 e. The second kappa shape index (κ2) is 5.65. The average molecular weight is 225 g/mol. The maximum Gasteiger partial charge on any atom is 1.00 e. The number of hydrogen-bond donors (Lipinski definition) is 1. The van der Waals surface area contributed by atoms with E-state index >= 15 is 0 Å². The summed E-state index contributed by atoms with van der Waals surface area (Å²) in [7, 11) is -4.62. The zero-order valence-electron chi connectivity index (χ0n) is 9.65. The van der Waals surface area contributed by atoms with Crippen LogP contribution in [0.3, 0.4) is 0 Å². The van der Waals surface area contributed by atoms with Gasteiger partial charge in [-0.15, -0.1) is 0 Å². The Morgan fingerprint density at radius 1 is 1.50 bits per heavy atom. The average Bonchev–Trinajstić information content (AvgIpc) is 2.10. The van der Waals surface area contributed by atoms with Gasteiger partial charge in [0.25, 0.3) is 0 Å². The molecule has 0 aromatic heterocycles. The van der Waals surface area contributed by atoms with Crippen LogP contribution in [0, 0.1) is 0 Å². The molecule has 2 N–H and O–H groups in total. The van der Waals surface area contributed by atoms with Crippen LogP contribution in [0.2, 0.25) is 0 Å². The fourth-order valence-electron chi connectivity index (χ4n) is 1.07. The SMILES string of the molecule is CCCCC(N)(CC)COS(=O)(=O)[O-].[H+]. The summed E-state index contributed by atoms with van der Waals surface area (Å²) < 4.78 is 34.9. The van der Waals surface area contributed by atoms with Gasteiger partial charge < -0.3 is 10.3 Å². The standard InChI is InChI=1S/C8H19NO4S/c1-3-5-6-8(9,4-2)7-13-14(10,11)12/h3-7,9H2,1-2H3,(H,10,11,12). The predicted octanol–water partition coefficient (Wildman–Crippen LogP) is 0.873. The molecule has 0 spiro atoms. The third kappa shape index (κ3) is 6.31. The van der Waals surface area contributed by atoms with Crippen LogP contribution < -0.4 is 5.73 Å². The third-order valence-corrected chi connectivity index (χ3v) is 2.63. The Kier molecular flexibility index (Phi) is 5.58. The number of rotatable bonds is 7. The second-order valence-corrected chi connectivity index (χ2v) is 4.54. The first kappa shape index (κ1) is 13.8. The fourth-order valence-corrected chi connectivity index (χ4v) is 1.45. The molecule has 0 aromatic rings. The van der Waals surface area contributed by atoms with Crippen molar-refractivity contribution in [1.29, 1.82) is 0 Å². The predicted molar refractivity (Wildman–Crippen MR) is 53.5 cm³/mol. The molecule has 0 aliphatic rings. The number of hydrogen-bond acceptors (Lipinski definition) is 5. The molecule has 14 heavy (non-hydrogen) atoms. The molecule has 0 bridgehead atoms. The van der Waals surface area contributed by atoms with Crippen LogP contribution in [0.25, 0.3) is 0 Å². The van der Waals surface area contributed by atoms with Crippen molar-refractivity contribution in [3.8, 4) is 0 Å². The quantitative estimate of drug-likeness (QED) is 0.512. The first-order valence-corrected chi connectivity index (χ1v) is 6.05. The minimum Gasteiger partial charge on any atom is -0.726 e. The molecule has 0 saturated carbocycles. The lowest BCUT2D eigenvalue weighted by Crippen LogP contribution is -2.44. The summed E-state index contributed by atoms with van der Waals surface area (Å²) in [5.41, 5.74) is 5.16. The highest BCUT2D eigenvalue weighted by Gasteiger charge is 2.23. The Labute approximate surface area is 87.1 Å². The van der Waals surface area contributed by atoms with E-state index in [0.717, 1.165) is 12.8 Å². The monoisotopic (exact) mass is 225 g/mol. The molecule has 86 valence electrons. The van der Waals surface area contributed by atoms with Gasteiger partial charge in [-0.2, -0.15) is 0 Å². The van der Waals surface area contributed by atoms with Crippen LogP contribution in [0.4, 0.5) is 0 Å². The number of unbranched alkanes of at least 4 members (excludes halogenated alkanes) is 1. The van der Waals surface area contributed by atoms with Crippen LogP contribution in [0.1, 0.15) is 41.0 Å². The van der Waals surface area contributed by atoms with E-state index in [1.807, 2.05) is 13.8 Å². The Morgan fingerprint density at radius 2 is 2.07 bits per heavy atom. The summed E-state index contributed by atoms with van der Waals surface area (Å²) in [6.07, 6.45) is 3.12. The normalized spacial score (nSPS) is 16.6. The maximum absolute atomic E-state index is 10.2. The van der Waals surface area contributed by atoms with Crippen molar-refractivity contribution in [2.75, 3.05) is 6.61 Å². The molecule has 0 saturated heterocycles. The van der Waals surface area contributed by atoms with Crippen molar-refractivity contribution < 1.29 is 18.6 Å². The van der Waals surface area contributed by atoms with E-state index in [2.05, 4.69) is 4.18 Å². The summed E-state index contributed by atoms with van der Waals surface area (Å²) in [6.45, 7) is 3.63. The molecular formula is C8H19NO4S. The van der Waals surface area contributed by atoms with Crippen molar-refractivity contribution in [3.05, 3.63) is 0 Å². The summed E-state index contributed by atoms with van der Waals surface area (Å²) in [5.74, 6) is 0. The van der Waals surface area contributed by atoms with Crippen LogP contribution >= 0.6 is 0 Å².